The molecule has 0 spiro atoms. The normalized spacial score (nSPS) is 13.8. The molecule has 0 aliphatic rings. The van der Waals surface area contributed by atoms with Crippen LogP contribution in [0, 0.1) is 0 Å². The van der Waals surface area contributed by atoms with E-state index < -0.39 is 40.0 Å². The zero-order valence-corrected chi connectivity index (χ0v) is 26.9. The monoisotopic (exact) mass is 622 g/mol. The summed E-state index contributed by atoms with van der Waals surface area (Å²) in [6.45, 7) is 11.5. The van der Waals surface area contributed by atoms with Crippen molar-refractivity contribution in [3.8, 4) is 5.75 Å². The van der Waals surface area contributed by atoms with E-state index in [4.69, 9.17) is 24.7 Å². The Bertz CT molecular complexity index is 1450. The number of nitrogen functional groups attached to an aromatic ring is 1. The van der Waals surface area contributed by atoms with E-state index in [-0.39, 0.29) is 30.3 Å². The number of nitrogens with zero attached hydrogens (tertiary/aromatic N) is 2. The Morgan fingerprint density at radius 2 is 1.79 bits per heavy atom. The maximum Gasteiger partial charge on any atom is 0.308 e. The minimum Gasteiger partial charge on any atom is -0.487 e. The van der Waals surface area contributed by atoms with E-state index in [0.29, 0.717) is 12.2 Å². The van der Waals surface area contributed by atoms with Crippen molar-refractivity contribution in [2.24, 2.45) is 0 Å². The van der Waals surface area contributed by atoms with Crippen LogP contribution in [-0.2, 0) is 35.6 Å². The fourth-order valence-corrected chi connectivity index (χ4v) is 6.29. The number of imidazole rings is 1. The van der Waals surface area contributed by atoms with Crippen molar-refractivity contribution in [2.75, 3.05) is 25.2 Å². The van der Waals surface area contributed by atoms with Gasteiger partial charge in [0.25, 0.3) is 0 Å². The van der Waals surface area contributed by atoms with Crippen LogP contribution < -0.4 is 15.2 Å². The first kappa shape index (κ1) is 33.7. The molecular weight excluding hydrogens is 580 g/mol. The van der Waals surface area contributed by atoms with Crippen LogP contribution in [0.15, 0.2) is 52.5 Å². The minimum atomic E-state index is -4.25. The molecule has 1 heterocycles. The van der Waals surface area contributed by atoms with E-state index in [1.165, 1.54) is 30.0 Å². The number of nitrogens with one attached hydrogen (secondary N) is 1. The Hall–Kier alpha value is -2.84. The minimum absolute atomic E-state index is 0.0745. The lowest BCUT2D eigenvalue weighted by molar-refractivity contribution is -0.169. The fourth-order valence-electron chi connectivity index (χ4n) is 4.36. The molecule has 232 valence electrons. The number of rotatable bonds is 15. The highest BCUT2D eigenvalue weighted by molar-refractivity contribution is 7.98. The van der Waals surface area contributed by atoms with Crippen molar-refractivity contribution in [3.05, 3.63) is 42.5 Å². The van der Waals surface area contributed by atoms with E-state index >= 15 is 0 Å². The van der Waals surface area contributed by atoms with Crippen molar-refractivity contribution in [1.29, 1.82) is 0 Å². The maximum atomic E-state index is 13.8. The Morgan fingerprint density at radius 3 is 2.40 bits per heavy atom. The lowest BCUT2D eigenvalue weighted by atomic mass is 10.1. The summed E-state index contributed by atoms with van der Waals surface area (Å²) in [4.78, 5) is 17.3. The Kier molecular flexibility index (Phi) is 11.7. The number of sulfonamides is 1. The number of esters is 1. The third-order valence-electron chi connectivity index (χ3n) is 5.93. The molecule has 3 N–H and O–H groups in total. The molecule has 2 aromatic carbocycles. The number of aromatic nitrogens is 2. The van der Waals surface area contributed by atoms with Crippen LogP contribution in [0.2, 0.25) is 0 Å². The van der Waals surface area contributed by atoms with Gasteiger partial charge in [-0.1, -0.05) is 23.9 Å². The van der Waals surface area contributed by atoms with Gasteiger partial charge in [-0.2, -0.15) is 0 Å². The van der Waals surface area contributed by atoms with Crippen molar-refractivity contribution < 1.29 is 32.2 Å². The number of thioether (sulfide) groups is 1. The molecule has 0 amide bonds. The summed E-state index contributed by atoms with van der Waals surface area (Å²) in [6.07, 6.45) is 0.150. The van der Waals surface area contributed by atoms with Crippen LogP contribution in [0.4, 0.5) is 5.69 Å². The quantitative estimate of drug-likeness (QED) is 0.107. The molecule has 0 bridgehead atoms. The van der Waals surface area contributed by atoms with Gasteiger partial charge in [0.2, 0.25) is 10.0 Å². The number of ether oxygens (including phenoxy) is 4. The number of hydrogen-bond acceptors (Lipinski definition) is 10. The Balaban J connectivity index is 1.91. The molecule has 3 aromatic rings. The van der Waals surface area contributed by atoms with E-state index in [1.54, 1.807) is 34.6 Å². The first-order valence-electron chi connectivity index (χ1n) is 13.8. The molecule has 2 atom stereocenters. The summed E-state index contributed by atoms with van der Waals surface area (Å²) in [7, 11) is -4.25. The number of para-hydroxylation sites is 2. The summed E-state index contributed by atoms with van der Waals surface area (Å²) >= 11 is 1.51. The molecule has 0 fully saturated rings. The summed E-state index contributed by atoms with van der Waals surface area (Å²) < 4.78 is 55.3. The third-order valence-corrected chi connectivity index (χ3v) is 8.14. The second kappa shape index (κ2) is 14.6. The van der Waals surface area contributed by atoms with Gasteiger partial charge in [0.05, 0.1) is 30.0 Å². The molecule has 0 saturated carbocycles. The Labute approximate surface area is 252 Å². The highest BCUT2D eigenvalue weighted by atomic mass is 32.2. The predicted molar refractivity (Wildman–Crippen MR) is 164 cm³/mol. The number of anilines is 1. The molecule has 0 aliphatic carbocycles. The average Bonchev–Trinajstić information content (AvgIpc) is 3.24. The second-order valence-corrected chi connectivity index (χ2v) is 13.1. The van der Waals surface area contributed by atoms with Crippen LogP contribution in [0.25, 0.3) is 11.0 Å². The molecule has 0 unspecified atom stereocenters. The van der Waals surface area contributed by atoms with Crippen LogP contribution in [0.3, 0.4) is 0 Å². The van der Waals surface area contributed by atoms with E-state index in [9.17, 15) is 13.2 Å². The predicted octanol–water partition coefficient (Wildman–Crippen LogP) is 4.59. The molecule has 11 nitrogen and oxygen atoms in total. The molecular formula is C29H42N4O7S2. The van der Waals surface area contributed by atoms with Crippen molar-refractivity contribution in [1.82, 2.24) is 14.3 Å². The number of hydrogen-bond donors (Lipinski definition) is 2. The number of carbonyl (C=O) groups excluding carboxylic acids is 1. The zero-order chi connectivity index (χ0) is 31.1. The molecule has 0 saturated heterocycles. The van der Waals surface area contributed by atoms with E-state index in [1.807, 2.05) is 42.0 Å². The van der Waals surface area contributed by atoms with Gasteiger partial charge in [0, 0.05) is 25.0 Å². The first-order chi connectivity index (χ1) is 19.8. The van der Waals surface area contributed by atoms with Gasteiger partial charge in [0.15, 0.2) is 11.4 Å². The molecule has 0 aliphatic heterocycles. The molecule has 42 heavy (non-hydrogen) atoms. The summed E-state index contributed by atoms with van der Waals surface area (Å²) in [5.74, 6) is -0.523. The van der Waals surface area contributed by atoms with Gasteiger partial charge in [-0.25, -0.2) is 18.1 Å². The first-order valence-corrected chi connectivity index (χ1v) is 16.5. The number of fused-ring (bicyclic) bond motifs is 1. The largest absolute Gasteiger partial charge is 0.487 e. The summed E-state index contributed by atoms with van der Waals surface area (Å²) in [6, 6.07) is 11.0. The summed E-state index contributed by atoms with van der Waals surface area (Å²) in [5.41, 5.74) is 7.43. The smallest absolute Gasteiger partial charge is 0.308 e. The van der Waals surface area contributed by atoms with Crippen LogP contribution in [0.5, 0.6) is 5.75 Å². The second-order valence-electron chi connectivity index (χ2n) is 10.6. The summed E-state index contributed by atoms with van der Waals surface area (Å²) in [5, 5.41) is 0.816. The number of nitrogens with two attached hydrogens (primary N) is 1. The Morgan fingerprint density at radius 1 is 1.12 bits per heavy atom. The highest BCUT2D eigenvalue weighted by Crippen LogP contribution is 2.30. The van der Waals surface area contributed by atoms with Crippen LogP contribution in [-0.4, -0.2) is 67.4 Å². The van der Waals surface area contributed by atoms with Gasteiger partial charge in [-0.05, 0) is 72.1 Å². The number of benzene rings is 2. The zero-order valence-electron chi connectivity index (χ0n) is 25.2. The number of carbonyl (C=O) groups is 1. The molecule has 13 heteroatoms. The van der Waals surface area contributed by atoms with Crippen LogP contribution >= 0.6 is 11.8 Å². The molecule has 1 aromatic heterocycles. The topological polar surface area (TPSA) is 144 Å². The SMILES string of the molecule is CCOC(OCC)[C@H](CC(=O)OC(C)(C)C)NS(=O)(=O)c1ccc(N)cc1O[C@H](C)Cn1c(SC)nc2ccccc21. The van der Waals surface area contributed by atoms with Gasteiger partial charge in [-0.15, -0.1) is 0 Å². The fraction of sp³-hybridized carbons (Fsp3) is 0.517. The standard InChI is InChI=1S/C29H42N4O7S2/c1-8-37-27(38-9-2)22(17-26(34)40-29(4,5)6)32-42(35,36)25-15-14-20(30)16-24(25)39-19(3)18-33-23-13-11-10-12-21(23)31-28(33)41-7/h10-16,19,22,27,32H,8-9,17-18,30H2,1-7H3/t19-,22+/m1/s1. The third kappa shape index (κ3) is 9.08. The average molecular weight is 623 g/mol. The maximum absolute atomic E-state index is 13.8. The molecule has 3 rings (SSSR count). The van der Waals surface area contributed by atoms with Gasteiger partial charge < -0.3 is 29.2 Å². The van der Waals surface area contributed by atoms with E-state index in [2.05, 4.69) is 9.71 Å². The van der Waals surface area contributed by atoms with Crippen molar-refractivity contribution in [2.45, 2.75) is 88.6 Å². The van der Waals surface area contributed by atoms with Crippen LogP contribution in [0.1, 0.15) is 48.0 Å². The van der Waals surface area contributed by atoms with Gasteiger partial charge in [-0.3, -0.25) is 4.79 Å². The van der Waals surface area contributed by atoms with Crippen molar-refractivity contribution >= 4 is 44.5 Å². The van der Waals surface area contributed by atoms with Gasteiger partial charge >= 0.3 is 5.97 Å². The van der Waals surface area contributed by atoms with E-state index in [0.717, 1.165) is 16.2 Å². The highest BCUT2D eigenvalue weighted by Gasteiger charge is 2.33. The lowest BCUT2D eigenvalue weighted by Gasteiger charge is -2.28. The molecule has 0 radical (unpaired) electrons. The van der Waals surface area contributed by atoms with Crippen molar-refractivity contribution in [3.63, 3.8) is 0 Å². The lowest BCUT2D eigenvalue weighted by Crippen LogP contribution is -2.47. The van der Waals surface area contributed by atoms with Gasteiger partial charge in [0.1, 0.15) is 22.4 Å².